The fourth-order valence-electron chi connectivity index (χ4n) is 4.87. The van der Waals surface area contributed by atoms with Crippen LogP contribution in [0.5, 0.6) is 0 Å². The Labute approximate surface area is 188 Å². The fourth-order valence-corrected chi connectivity index (χ4v) is 4.87. The number of hydrogen-bond donors (Lipinski definition) is 1. The zero-order chi connectivity index (χ0) is 22.8. The van der Waals surface area contributed by atoms with Crippen molar-refractivity contribution in [3.8, 4) is 0 Å². The number of ketones is 1. The monoisotopic (exact) mass is 426 g/mol. The number of hydrogen-bond acceptors (Lipinski definition) is 3. The zero-order valence-corrected chi connectivity index (χ0v) is 20.6. The molecule has 1 saturated carbocycles. The highest BCUT2D eigenvalue weighted by Gasteiger charge is 2.27. The highest BCUT2D eigenvalue weighted by Crippen LogP contribution is 2.38. The van der Waals surface area contributed by atoms with E-state index in [9.17, 15) is 9.90 Å². The molecule has 172 valence electrons. The second-order valence-corrected chi connectivity index (χ2v) is 11.4. The van der Waals surface area contributed by atoms with Gasteiger partial charge in [-0.3, -0.25) is 4.79 Å². The number of imidazole rings is 1. The van der Waals surface area contributed by atoms with Gasteiger partial charge in [-0.1, -0.05) is 33.8 Å². The number of Topliss-reactive ketones (excluding diaryl/α,β-unsaturated/α-hetero) is 1. The van der Waals surface area contributed by atoms with Gasteiger partial charge in [-0.25, -0.2) is 4.98 Å². The van der Waals surface area contributed by atoms with Gasteiger partial charge < -0.3 is 9.67 Å². The van der Waals surface area contributed by atoms with Crippen molar-refractivity contribution in [1.82, 2.24) is 9.55 Å². The molecule has 0 aliphatic heterocycles. The van der Waals surface area contributed by atoms with Crippen molar-refractivity contribution < 1.29 is 9.90 Å². The van der Waals surface area contributed by atoms with Crippen LogP contribution in [-0.4, -0.2) is 26.0 Å². The molecule has 0 saturated heterocycles. The molecule has 0 bridgehead atoms. The number of aliphatic hydroxyl groups is 1. The van der Waals surface area contributed by atoms with Gasteiger partial charge in [-0.15, -0.1) is 0 Å². The maximum atomic E-state index is 12.2. The number of benzene rings is 1. The Morgan fingerprint density at radius 3 is 2.42 bits per heavy atom. The van der Waals surface area contributed by atoms with E-state index in [1.54, 1.807) is 0 Å². The molecule has 0 atom stereocenters. The van der Waals surface area contributed by atoms with Crippen LogP contribution in [0.25, 0.3) is 11.0 Å². The topological polar surface area (TPSA) is 55.1 Å². The van der Waals surface area contributed by atoms with Gasteiger partial charge >= 0.3 is 0 Å². The molecule has 1 heterocycles. The van der Waals surface area contributed by atoms with Crippen molar-refractivity contribution in [2.75, 3.05) is 0 Å². The van der Waals surface area contributed by atoms with Gasteiger partial charge in [0.05, 0.1) is 16.6 Å². The van der Waals surface area contributed by atoms with E-state index < -0.39 is 5.60 Å². The second-order valence-electron chi connectivity index (χ2n) is 11.4. The number of fused-ring (bicyclic) bond motifs is 1. The Morgan fingerprint density at radius 2 is 1.87 bits per heavy atom. The quantitative estimate of drug-likeness (QED) is 0.450. The molecule has 1 N–H and O–H groups in total. The van der Waals surface area contributed by atoms with E-state index in [0.29, 0.717) is 31.1 Å². The van der Waals surface area contributed by atoms with Crippen LogP contribution in [0.3, 0.4) is 0 Å². The van der Waals surface area contributed by atoms with E-state index in [0.717, 1.165) is 31.2 Å². The van der Waals surface area contributed by atoms with Gasteiger partial charge in [0.2, 0.25) is 0 Å². The fraction of sp³-hybridized carbons (Fsp3) is 0.704. The lowest BCUT2D eigenvalue weighted by Crippen LogP contribution is -2.23. The first kappa shape index (κ1) is 24.0. The highest BCUT2D eigenvalue weighted by atomic mass is 16.3. The summed E-state index contributed by atoms with van der Waals surface area (Å²) in [5, 5.41) is 10.4. The number of nitrogens with zero attached hydrogens (tertiary/aromatic N) is 2. The Bertz CT molecular complexity index is 908. The Morgan fingerprint density at radius 1 is 1.16 bits per heavy atom. The van der Waals surface area contributed by atoms with Gasteiger partial charge in [-0.05, 0) is 75.0 Å². The number of rotatable bonds is 10. The van der Waals surface area contributed by atoms with Crippen molar-refractivity contribution in [3.05, 3.63) is 29.1 Å². The van der Waals surface area contributed by atoms with Gasteiger partial charge in [-0.2, -0.15) is 0 Å². The first-order valence-electron chi connectivity index (χ1n) is 12.2. The van der Waals surface area contributed by atoms with Crippen molar-refractivity contribution in [2.24, 2.45) is 5.41 Å². The van der Waals surface area contributed by atoms with Crippen molar-refractivity contribution in [3.63, 3.8) is 0 Å². The molecule has 1 aromatic heterocycles. The van der Waals surface area contributed by atoms with Crippen LogP contribution in [-0.2, 0) is 24.1 Å². The molecule has 31 heavy (non-hydrogen) atoms. The van der Waals surface area contributed by atoms with E-state index >= 15 is 0 Å². The maximum absolute atomic E-state index is 12.2. The number of carbonyl (C=O) groups excluding carboxylic acids is 1. The third kappa shape index (κ3) is 6.19. The lowest BCUT2D eigenvalue weighted by Gasteiger charge is -2.30. The average Bonchev–Trinajstić information content (AvgIpc) is 2.93. The Kier molecular flexibility index (Phi) is 7.30. The van der Waals surface area contributed by atoms with Crippen LogP contribution in [0.15, 0.2) is 12.1 Å². The van der Waals surface area contributed by atoms with Gasteiger partial charge in [0.1, 0.15) is 11.6 Å². The summed E-state index contributed by atoms with van der Waals surface area (Å²) in [5.41, 5.74) is 4.30. The molecule has 4 heteroatoms. The predicted octanol–water partition coefficient (Wildman–Crippen LogP) is 6.36. The summed E-state index contributed by atoms with van der Waals surface area (Å²) < 4.78 is 2.52. The Balaban J connectivity index is 1.82. The molecule has 0 amide bonds. The van der Waals surface area contributed by atoms with Crippen molar-refractivity contribution in [1.29, 1.82) is 0 Å². The third-order valence-corrected chi connectivity index (χ3v) is 6.38. The molecule has 1 aliphatic carbocycles. The van der Waals surface area contributed by atoms with Gasteiger partial charge in [0, 0.05) is 31.7 Å². The smallest absolute Gasteiger partial charge is 0.133 e. The standard InChI is InChI=1S/C27H42N2O2/c1-7-22-19(17-27(5,6)31)15-16-23-25(22)29(20-11-10-12-20)24(28-23)14-9-8-13-21(30)18-26(2,3)4/h15-16,20,31H,7-14,17-18H2,1-6H3. The van der Waals surface area contributed by atoms with Crippen LogP contribution in [0, 0.1) is 5.41 Å². The van der Waals surface area contributed by atoms with Crippen molar-refractivity contribution >= 4 is 16.8 Å². The zero-order valence-electron chi connectivity index (χ0n) is 20.6. The third-order valence-electron chi connectivity index (χ3n) is 6.38. The molecule has 4 nitrogen and oxygen atoms in total. The van der Waals surface area contributed by atoms with Crippen LogP contribution < -0.4 is 0 Å². The number of unbranched alkanes of at least 4 members (excludes halogenated alkanes) is 1. The second kappa shape index (κ2) is 9.44. The minimum Gasteiger partial charge on any atom is -0.390 e. The Hall–Kier alpha value is -1.68. The van der Waals surface area contributed by atoms with Crippen LogP contribution >= 0.6 is 0 Å². The molecule has 1 aromatic carbocycles. The lowest BCUT2D eigenvalue weighted by atomic mass is 9.88. The predicted molar refractivity (Wildman–Crippen MR) is 129 cm³/mol. The summed E-state index contributed by atoms with van der Waals surface area (Å²) in [5.74, 6) is 1.56. The molecule has 0 radical (unpaired) electrons. The summed E-state index contributed by atoms with van der Waals surface area (Å²) in [4.78, 5) is 17.3. The molecule has 3 rings (SSSR count). The molecular formula is C27H42N2O2. The summed E-state index contributed by atoms with van der Waals surface area (Å²) in [6.45, 7) is 12.4. The van der Waals surface area contributed by atoms with E-state index in [-0.39, 0.29) is 5.41 Å². The first-order valence-corrected chi connectivity index (χ1v) is 12.2. The summed E-state index contributed by atoms with van der Waals surface area (Å²) >= 11 is 0. The van der Waals surface area contributed by atoms with E-state index in [1.807, 2.05) is 13.8 Å². The normalized spacial score (nSPS) is 15.5. The van der Waals surface area contributed by atoms with Crippen LogP contribution in [0.4, 0.5) is 0 Å². The van der Waals surface area contributed by atoms with E-state index in [4.69, 9.17) is 4.98 Å². The first-order chi connectivity index (χ1) is 14.5. The van der Waals surface area contributed by atoms with Crippen LogP contribution in [0.1, 0.15) is 109 Å². The summed E-state index contributed by atoms with van der Waals surface area (Å²) in [7, 11) is 0. The number of carbonyl (C=O) groups is 1. The number of aryl methyl sites for hydroxylation is 2. The van der Waals surface area contributed by atoms with Crippen molar-refractivity contribution in [2.45, 2.75) is 117 Å². The molecule has 0 unspecified atom stereocenters. The highest BCUT2D eigenvalue weighted by molar-refractivity contribution is 5.82. The summed E-state index contributed by atoms with van der Waals surface area (Å²) in [6, 6.07) is 4.85. The summed E-state index contributed by atoms with van der Waals surface area (Å²) in [6.07, 6.45) is 9.55. The molecule has 0 spiro atoms. The minimum atomic E-state index is -0.721. The largest absolute Gasteiger partial charge is 0.390 e. The van der Waals surface area contributed by atoms with Crippen LogP contribution in [0.2, 0.25) is 0 Å². The molecular weight excluding hydrogens is 384 g/mol. The minimum absolute atomic E-state index is 0.0761. The number of aromatic nitrogens is 2. The van der Waals surface area contributed by atoms with Gasteiger partial charge in [0.15, 0.2) is 0 Å². The molecule has 2 aromatic rings. The van der Waals surface area contributed by atoms with E-state index in [2.05, 4.69) is 44.4 Å². The van der Waals surface area contributed by atoms with E-state index in [1.165, 1.54) is 41.7 Å². The maximum Gasteiger partial charge on any atom is 0.133 e. The average molecular weight is 427 g/mol. The van der Waals surface area contributed by atoms with Gasteiger partial charge in [0.25, 0.3) is 0 Å². The SMILES string of the molecule is CCc1c(CC(C)(C)O)ccc2nc(CCCCC(=O)CC(C)(C)C)n(C3CCC3)c12. The lowest BCUT2D eigenvalue weighted by molar-refractivity contribution is -0.120. The molecule has 1 aliphatic rings. The molecule has 1 fully saturated rings.